The summed E-state index contributed by atoms with van der Waals surface area (Å²) in [6.07, 6.45) is 69.2. The van der Waals surface area contributed by atoms with Crippen LogP contribution < -0.4 is 5.32 Å². The monoisotopic (exact) mass is 970 g/mol. The lowest BCUT2D eigenvalue weighted by molar-refractivity contribution is -0.151. The summed E-state index contributed by atoms with van der Waals surface area (Å²) in [5.41, 5.74) is 0. The van der Waals surface area contributed by atoms with Gasteiger partial charge in [-0.3, -0.25) is 9.59 Å². The van der Waals surface area contributed by atoms with E-state index in [-0.39, 0.29) is 24.9 Å². The van der Waals surface area contributed by atoms with Crippen molar-refractivity contribution in [2.24, 2.45) is 0 Å². The molecule has 69 heavy (non-hydrogen) atoms. The normalized spacial score (nSPS) is 13.3. The number of aliphatic hydroxyl groups excluding tert-OH is 2. The zero-order valence-electron chi connectivity index (χ0n) is 46.5. The first kappa shape index (κ1) is 67.1. The first-order chi connectivity index (χ1) is 34.0. The number of nitrogens with one attached hydrogen (secondary N) is 1. The number of esters is 1. The maximum Gasteiger partial charge on any atom is 0.306 e. The second-order valence-electron chi connectivity index (χ2n) is 21.1. The third kappa shape index (κ3) is 52.2. The molecule has 0 aliphatic heterocycles. The zero-order valence-corrected chi connectivity index (χ0v) is 46.5. The van der Waals surface area contributed by atoms with E-state index in [2.05, 4.69) is 62.5 Å². The summed E-state index contributed by atoms with van der Waals surface area (Å²) in [7, 11) is 0. The Labute approximate surface area is 430 Å². The Hall–Kier alpha value is -1.92. The third-order valence-corrected chi connectivity index (χ3v) is 14.2. The van der Waals surface area contributed by atoms with Gasteiger partial charge < -0.3 is 20.3 Å². The second-order valence-corrected chi connectivity index (χ2v) is 21.1. The van der Waals surface area contributed by atoms with E-state index >= 15 is 0 Å². The van der Waals surface area contributed by atoms with Crippen LogP contribution in [-0.4, -0.2) is 46.9 Å². The summed E-state index contributed by atoms with van der Waals surface area (Å²) in [6.45, 7) is 6.50. The molecule has 1 amide bonds. The lowest BCUT2D eigenvalue weighted by atomic mass is 10.0. The Kier molecular flexibility index (Phi) is 55.4. The molecule has 0 radical (unpaired) electrons. The summed E-state index contributed by atoms with van der Waals surface area (Å²) in [5.74, 6) is -0.465. The van der Waals surface area contributed by atoms with Crippen LogP contribution in [0.3, 0.4) is 0 Å². The van der Waals surface area contributed by atoms with Crippen LogP contribution in [0.1, 0.15) is 329 Å². The minimum Gasteiger partial charge on any atom is -0.462 e. The molecule has 0 saturated carbocycles. The molecule has 3 unspecified atom stereocenters. The van der Waals surface area contributed by atoms with Gasteiger partial charge in [0.15, 0.2) is 0 Å². The molecule has 0 rings (SSSR count). The van der Waals surface area contributed by atoms with Crippen molar-refractivity contribution in [2.45, 2.75) is 347 Å². The molecule has 3 N–H and O–H groups in total. The van der Waals surface area contributed by atoms with Gasteiger partial charge in [-0.1, -0.05) is 269 Å². The summed E-state index contributed by atoms with van der Waals surface area (Å²) in [4.78, 5) is 26.4. The van der Waals surface area contributed by atoms with Crippen LogP contribution >= 0.6 is 0 Å². The van der Waals surface area contributed by atoms with E-state index in [1.807, 2.05) is 0 Å². The predicted octanol–water partition coefficient (Wildman–Crippen LogP) is 19.2. The van der Waals surface area contributed by atoms with Crippen molar-refractivity contribution in [3.05, 3.63) is 36.5 Å². The van der Waals surface area contributed by atoms with Crippen molar-refractivity contribution in [1.82, 2.24) is 5.32 Å². The Morgan fingerprint density at radius 2 is 0.739 bits per heavy atom. The molecule has 0 bridgehead atoms. The molecule has 3 atom stereocenters. The Bertz CT molecular complexity index is 1130. The van der Waals surface area contributed by atoms with Gasteiger partial charge >= 0.3 is 5.97 Å². The summed E-state index contributed by atoms with van der Waals surface area (Å²) < 4.78 is 5.98. The van der Waals surface area contributed by atoms with Crippen LogP contribution in [0.5, 0.6) is 0 Å². The fourth-order valence-electron chi connectivity index (χ4n) is 9.52. The molecule has 0 spiro atoms. The van der Waals surface area contributed by atoms with E-state index in [4.69, 9.17) is 4.74 Å². The van der Waals surface area contributed by atoms with Gasteiger partial charge in [-0.2, -0.15) is 0 Å². The van der Waals surface area contributed by atoms with Gasteiger partial charge in [0.25, 0.3) is 0 Å². The van der Waals surface area contributed by atoms with Crippen LogP contribution in [-0.2, 0) is 14.3 Å². The van der Waals surface area contributed by atoms with Crippen molar-refractivity contribution in [3.8, 4) is 0 Å². The van der Waals surface area contributed by atoms with Crippen LogP contribution in [0, 0.1) is 0 Å². The SMILES string of the molecule is CCCCC/C=C\C/C=C\CCCCCCCCCCCC(=O)OC(CCCCCCCCC/C=C/CCCCCCCC)CC(=O)NC(CO)C(O)CCCCCCCCCCCCCCCC. The van der Waals surface area contributed by atoms with Gasteiger partial charge in [0.1, 0.15) is 6.10 Å². The molecule has 0 aromatic heterocycles. The van der Waals surface area contributed by atoms with E-state index in [9.17, 15) is 19.8 Å². The smallest absolute Gasteiger partial charge is 0.306 e. The minimum atomic E-state index is -0.789. The maximum absolute atomic E-state index is 13.3. The number of carbonyl (C=O) groups excluding carboxylic acids is 2. The van der Waals surface area contributed by atoms with Crippen LogP contribution in [0.25, 0.3) is 0 Å². The predicted molar refractivity (Wildman–Crippen MR) is 301 cm³/mol. The lowest BCUT2D eigenvalue weighted by Crippen LogP contribution is -2.46. The Morgan fingerprint density at radius 1 is 0.420 bits per heavy atom. The highest BCUT2D eigenvalue weighted by atomic mass is 16.5. The molecule has 0 aromatic carbocycles. The number of carbonyl (C=O) groups is 2. The third-order valence-electron chi connectivity index (χ3n) is 14.2. The van der Waals surface area contributed by atoms with Crippen molar-refractivity contribution >= 4 is 11.9 Å². The average molecular weight is 971 g/mol. The molecule has 6 nitrogen and oxygen atoms in total. The van der Waals surface area contributed by atoms with Gasteiger partial charge in [-0.15, -0.1) is 0 Å². The number of hydrogen-bond donors (Lipinski definition) is 3. The molecule has 0 saturated heterocycles. The quantitative estimate of drug-likeness (QED) is 0.0321. The van der Waals surface area contributed by atoms with Crippen molar-refractivity contribution in [1.29, 1.82) is 0 Å². The standard InChI is InChI=1S/C63H119NO5/c1-4-7-10-13-16-19-22-25-28-30-31-33-35-38-41-44-47-50-53-56-63(68)69-59(54-51-48-45-42-39-36-34-32-29-26-23-20-17-14-11-8-5-2)57-62(67)64-60(58-65)61(66)55-52-49-46-43-40-37-27-24-21-18-15-12-9-6-3/h16,19,25-26,28-29,59-61,65-66H,4-15,17-18,20-24,27,30-58H2,1-3H3,(H,64,67)/b19-16-,28-25-,29-26+. The van der Waals surface area contributed by atoms with Gasteiger partial charge in [-0.05, 0) is 83.5 Å². The number of allylic oxidation sites excluding steroid dienone is 6. The number of aliphatic hydroxyl groups is 2. The Morgan fingerprint density at radius 3 is 1.14 bits per heavy atom. The summed E-state index contributed by atoms with van der Waals surface area (Å²) in [5, 5.41) is 23.9. The largest absolute Gasteiger partial charge is 0.462 e. The minimum absolute atomic E-state index is 0.0764. The molecule has 0 fully saturated rings. The molecule has 0 aliphatic carbocycles. The molecule has 406 valence electrons. The highest BCUT2D eigenvalue weighted by molar-refractivity contribution is 5.77. The number of amides is 1. The highest BCUT2D eigenvalue weighted by Gasteiger charge is 2.24. The fraction of sp³-hybridized carbons (Fsp3) is 0.873. The Balaban J connectivity index is 4.53. The van der Waals surface area contributed by atoms with Crippen molar-refractivity contribution < 1.29 is 24.5 Å². The number of hydrogen-bond acceptors (Lipinski definition) is 5. The van der Waals surface area contributed by atoms with Gasteiger partial charge in [0, 0.05) is 6.42 Å². The van der Waals surface area contributed by atoms with E-state index in [1.54, 1.807) is 0 Å². The fourth-order valence-corrected chi connectivity index (χ4v) is 9.52. The zero-order chi connectivity index (χ0) is 50.2. The van der Waals surface area contributed by atoms with E-state index in [1.165, 1.54) is 225 Å². The number of unbranched alkanes of at least 4 members (excludes halogenated alkanes) is 38. The molecule has 0 aromatic rings. The molecular formula is C63H119NO5. The number of ether oxygens (including phenoxy) is 1. The second kappa shape index (κ2) is 57.0. The topological polar surface area (TPSA) is 95.9 Å². The molecule has 0 heterocycles. The average Bonchev–Trinajstić information content (AvgIpc) is 3.34. The lowest BCUT2D eigenvalue weighted by Gasteiger charge is -2.24. The van der Waals surface area contributed by atoms with E-state index < -0.39 is 18.2 Å². The highest BCUT2D eigenvalue weighted by Crippen LogP contribution is 2.19. The first-order valence-corrected chi connectivity index (χ1v) is 30.7. The van der Waals surface area contributed by atoms with Crippen molar-refractivity contribution in [2.75, 3.05) is 6.61 Å². The van der Waals surface area contributed by atoms with E-state index in [0.717, 1.165) is 57.8 Å². The molecule has 0 aliphatic rings. The van der Waals surface area contributed by atoms with Crippen LogP contribution in [0.4, 0.5) is 0 Å². The van der Waals surface area contributed by atoms with Crippen molar-refractivity contribution in [3.63, 3.8) is 0 Å². The van der Waals surface area contributed by atoms with E-state index in [0.29, 0.717) is 19.3 Å². The summed E-state index contributed by atoms with van der Waals surface area (Å²) >= 11 is 0. The maximum atomic E-state index is 13.3. The van der Waals surface area contributed by atoms with Gasteiger partial charge in [0.2, 0.25) is 5.91 Å². The number of rotatable bonds is 56. The van der Waals surface area contributed by atoms with Gasteiger partial charge in [0.05, 0.1) is 25.2 Å². The van der Waals surface area contributed by atoms with Gasteiger partial charge in [-0.25, -0.2) is 0 Å². The van der Waals surface area contributed by atoms with Crippen LogP contribution in [0.15, 0.2) is 36.5 Å². The molecule has 6 heteroatoms. The first-order valence-electron chi connectivity index (χ1n) is 30.7. The molecular weight excluding hydrogens is 851 g/mol. The van der Waals surface area contributed by atoms with Crippen LogP contribution in [0.2, 0.25) is 0 Å². The summed E-state index contributed by atoms with van der Waals surface area (Å²) in [6, 6.07) is -0.703.